The van der Waals surface area contributed by atoms with E-state index in [1.807, 2.05) is 0 Å². The number of carbonyl (C=O) groups excluding carboxylic acids is 12. The lowest BCUT2D eigenvalue weighted by atomic mass is 10.1. The Morgan fingerprint density at radius 2 is 0.406 bits per heavy atom. The Morgan fingerprint density at radius 3 is 0.638 bits per heavy atom. The van der Waals surface area contributed by atoms with E-state index in [-0.39, 0.29) is 198 Å². The maximum Gasteiger partial charge on any atom is 0.244 e. The normalized spacial score (nSPS) is 13.0. The van der Waals surface area contributed by atoms with Gasteiger partial charge in [-0.3, -0.25) is 57.5 Å². The van der Waals surface area contributed by atoms with Gasteiger partial charge in [-0.15, -0.1) is 99.3 Å². The Labute approximate surface area is 878 Å². The lowest BCUT2D eigenvalue weighted by molar-refractivity contribution is -0.130. The summed E-state index contributed by atoms with van der Waals surface area (Å²) in [5, 5.41) is 53.8. The van der Waals surface area contributed by atoms with Crippen LogP contribution in [0.25, 0.3) is 0 Å². The first-order valence-corrected chi connectivity index (χ1v) is 50.8. The number of carbonyl (C=O) groups is 12. The predicted octanol–water partition coefficient (Wildman–Crippen LogP) is 10.1. The Kier molecular flexibility index (Phi) is 118. The second-order valence-electron chi connectivity index (χ2n) is 35.3. The van der Waals surface area contributed by atoms with Crippen LogP contribution in [-0.4, -0.2) is 220 Å². The summed E-state index contributed by atoms with van der Waals surface area (Å²) in [5.41, 5.74) is 47.5. The van der Waals surface area contributed by atoms with Crippen molar-refractivity contribution in [1.29, 1.82) is 0 Å². The van der Waals surface area contributed by atoms with Crippen LogP contribution in [0.4, 0.5) is 0 Å². The highest BCUT2D eigenvalue weighted by Crippen LogP contribution is 2.16. The van der Waals surface area contributed by atoms with E-state index < -0.39 is 97.3 Å². The average Bonchev–Trinajstić information content (AvgIpc) is 0.918. The van der Waals surface area contributed by atoms with Crippen molar-refractivity contribution < 1.29 is 67.7 Å². The molecule has 0 saturated carbocycles. The largest absolute Gasteiger partial charge is 0.394 e. The standard InChI is InChI=1S/C96H186N20O14.8ClH/c1-3-5-7-9-11-13-15-17-19-21-23-25-27-29-31-45-65-109-93(127)81(59-41-51-71-111-95(129)83(73-117)115-91(125)79(103)57-39-49-69-107-89(123)77(101)55-37-47-67-105-87(121)75(99)53-35-43-63-97)113-85(119)61-33-34-62-86(120)114-82(94(128)110-66-46-32-30-28-26-24-22-20-18-16-14-12-10-8-6-4-2)60-42-52-72-112-96(130)84(74-118)116-92(126)80(104)58-40-50-70-108-90(124)78(102)56-38-48-68-106-88(122)76(100)54-36-44-64-98;;;;;;;;/h17-20,75-84,117-118H,3-16,21-74,97-104H2,1-2H3,(H,105,121)(H,106,122)(H,107,123)(H,108,124)(H,109,127)(H,110,128)(H,111,129)(H,112,130)(H,113,119)(H,114,120)(H,115,125)(H,116,126);8*1H/b19-17-,20-18-;;;;;;;;. The topological polar surface area (TPSA) is 598 Å². The zero-order chi connectivity index (χ0) is 96.1. The summed E-state index contributed by atoms with van der Waals surface area (Å²) >= 11 is 0. The zero-order valence-electron chi connectivity index (χ0n) is 83.8. The Balaban J connectivity index is -0.00000297. The van der Waals surface area contributed by atoms with Gasteiger partial charge in [-0.1, -0.05) is 167 Å². The molecule has 0 aliphatic carbocycles. The summed E-state index contributed by atoms with van der Waals surface area (Å²) in [6.45, 7) is 6.75. The molecular weight excluding hydrogens is 1940 g/mol. The molecule has 0 aliphatic heterocycles. The molecule has 0 saturated heterocycles. The highest BCUT2D eigenvalue weighted by molar-refractivity contribution is 5.92. The average molecular weight is 2140 g/mol. The lowest BCUT2D eigenvalue weighted by Crippen LogP contribution is -2.53. The van der Waals surface area contributed by atoms with E-state index >= 15 is 0 Å². The van der Waals surface area contributed by atoms with Gasteiger partial charge in [0.1, 0.15) is 24.2 Å². The lowest BCUT2D eigenvalue weighted by Gasteiger charge is -2.20. The second-order valence-corrected chi connectivity index (χ2v) is 35.3. The molecule has 0 aromatic rings. The number of nitrogens with one attached hydrogen (secondary N) is 12. The summed E-state index contributed by atoms with van der Waals surface area (Å²) in [6.07, 6.45) is 54.2. The van der Waals surface area contributed by atoms with Crippen LogP contribution in [-0.2, 0) is 57.5 Å². The van der Waals surface area contributed by atoms with Crippen molar-refractivity contribution in [1.82, 2.24) is 63.8 Å². The van der Waals surface area contributed by atoms with Crippen LogP contribution < -0.4 is 110 Å². The first kappa shape index (κ1) is 151. The van der Waals surface area contributed by atoms with Gasteiger partial charge in [0.25, 0.3) is 0 Å². The van der Waals surface area contributed by atoms with E-state index in [0.29, 0.717) is 168 Å². The molecule has 0 aromatic heterocycles. The molecular formula is C96H194Cl8N20O14. The van der Waals surface area contributed by atoms with Gasteiger partial charge in [0.15, 0.2) is 0 Å². The van der Waals surface area contributed by atoms with Crippen LogP contribution in [0.3, 0.4) is 0 Å². The number of halogens is 8. The Hall–Kier alpha value is -4.96. The Bertz CT molecular complexity index is 2850. The fourth-order valence-corrected chi connectivity index (χ4v) is 14.8. The molecule has 818 valence electrons. The number of nitrogens with two attached hydrogens (primary N) is 8. The summed E-state index contributed by atoms with van der Waals surface area (Å²) in [7, 11) is 0. The molecule has 0 bridgehead atoms. The fourth-order valence-electron chi connectivity index (χ4n) is 14.8. The van der Waals surface area contributed by atoms with Crippen LogP contribution in [0.15, 0.2) is 24.3 Å². The third kappa shape index (κ3) is 88.7. The second kappa shape index (κ2) is 108. The third-order valence-electron chi connectivity index (χ3n) is 23.3. The van der Waals surface area contributed by atoms with Gasteiger partial charge in [-0.2, -0.15) is 0 Å². The van der Waals surface area contributed by atoms with Gasteiger partial charge in [-0.25, -0.2) is 0 Å². The predicted molar refractivity (Wildman–Crippen MR) is 578 cm³/mol. The zero-order valence-corrected chi connectivity index (χ0v) is 90.4. The smallest absolute Gasteiger partial charge is 0.244 e. The van der Waals surface area contributed by atoms with Gasteiger partial charge in [0.2, 0.25) is 70.9 Å². The van der Waals surface area contributed by atoms with E-state index in [2.05, 4.69) is 102 Å². The maximum absolute atomic E-state index is 13.8. The molecule has 10 unspecified atom stereocenters. The minimum Gasteiger partial charge on any atom is -0.394 e. The molecule has 12 amide bonds. The highest BCUT2D eigenvalue weighted by Gasteiger charge is 2.28. The van der Waals surface area contributed by atoms with Crippen molar-refractivity contribution in [3.63, 3.8) is 0 Å². The first-order chi connectivity index (χ1) is 62.9. The number of allylic oxidation sites excluding steroid dienone is 4. The molecule has 0 spiro atoms. The van der Waals surface area contributed by atoms with Gasteiger partial charge < -0.3 is 120 Å². The summed E-state index contributed by atoms with van der Waals surface area (Å²) in [6, 6.07) is -9.02. The SMILES string of the molecule is CCCCCCCC/C=C\CCCCCCCCNC(=O)C(CCCCNC(=O)C(CO)NC(=O)C(N)CCCCNC(=O)C(N)CCCCNC(=O)C(N)CCCCN)NC(=O)CCCCC(=O)NC(CCCCNC(=O)C(CO)NC(=O)C(N)CCCCNC(=O)C(N)CCCCNC(=O)C(N)CCCCN)C(=O)NCCCCCCCC/C=C\CCCCCCCC.Cl.Cl.Cl.Cl.Cl.Cl.Cl.Cl. The van der Waals surface area contributed by atoms with Crippen molar-refractivity contribution in [2.45, 2.75) is 434 Å². The molecule has 0 fully saturated rings. The molecule has 0 heterocycles. The van der Waals surface area contributed by atoms with Crippen molar-refractivity contribution in [2.75, 3.05) is 78.7 Å². The third-order valence-corrected chi connectivity index (χ3v) is 23.3. The molecule has 0 aromatic carbocycles. The quantitative estimate of drug-likeness (QED) is 0.0199. The Morgan fingerprint density at radius 1 is 0.217 bits per heavy atom. The number of hydrogen-bond acceptors (Lipinski definition) is 22. The number of rotatable bonds is 91. The minimum atomic E-state index is -1.29. The summed E-state index contributed by atoms with van der Waals surface area (Å²) in [5.74, 6) is -5.07. The van der Waals surface area contributed by atoms with E-state index in [9.17, 15) is 67.7 Å². The molecule has 0 rings (SSSR count). The van der Waals surface area contributed by atoms with Crippen molar-refractivity contribution in [3.8, 4) is 0 Å². The van der Waals surface area contributed by atoms with Gasteiger partial charge >= 0.3 is 0 Å². The van der Waals surface area contributed by atoms with Crippen LogP contribution >= 0.6 is 99.3 Å². The first-order valence-electron chi connectivity index (χ1n) is 50.8. The van der Waals surface area contributed by atoms with Crippen molar-refractivity contribution >= 4 is 170 Å². The van der Waals surface area contributed by atoms with Gasteiger partial charge in [0, 0.05) is 65.2 Å². The maximum atomic E-state index is 13.8. The monoisotopic (exact) mass is 2130 g/mol. The van der Waals surface area contributed by atoms with Crippen molar-refractivity contribution in [2.24, 2.45) is 45.9 Å². The molecule has 30 N–H and O–H groups in total. The molecule has 0 radical (unpaired) electrons. The molecule has 42 heteroatoms. The number of amides is 12. The van der Waals surface area contributed by atoms with Crippen LogP contribution in [0.2, 0.25) is 0 Å². The number of aliphatic hydroxyl groups is 2. The minimum absolute atomic E-state index is 0. The van der Waals surface area contributed by atoms with Crippen LogP contribution in [0.5, 0.6) is 0 Å². The van der Waals surface area contributed by atoms with Crippen molar-refractivity contribution in [3.05, 3.63) is 24.3 Å². The highest BCUT2D eigenvalue weighted by atomic mass is 35.5. The van der Waals surface area contributed by atoms with Gasteiger partial charge in [0.05, 0.1) is 49.5 Å². The molecule has 138 heavy (non-hydrogen) atoms. The number of aliphatic hydroxyl groups excluding tert-OH is 2. The summed E-state index contributed by atoms with van der Waals surface area (Å²) in [4.78, 5) is 157. The van der Waals surface area contributed by atoms with E-state index in [1.54, 1.807) is 0 Å². The van der Waals surface area contributed by atoms with E-state index in [4.69, 9.17) is 45.9 Å². The number of unbranched alkanes of at least 4 members (excludes halogenated alkanes) is 33. The van der Waals surface area contributed by atoms with E-state index in [0.717, 1.165) is 128 Å². The molecule has 10 atom stereocenters. The number of hydrogen-bond donors (Lipinski definition) is 22. The fraction of sp³-hybridized carbons (Fsp3) is 0.833. The molecule has 34 nitrogen and oxygen atoms in total. The van der Waals surface area contributed by atoms with Gasteiger partial charge in [-0.05, 0) is 231 Å². The molecule has 0 aliphatic rings. The van der Waals surface area contributed by atoms with Crippen LogP contribution in [0, 0.1) is 0 Å². The van der Waals surface area contributed by atoms with E-state index in [1.165, 1.54) is 77.0 Å². The van der Waals surface area contributed by atoms with Crippen LogP contribution in [0.1, 0.15) is 373 Å². The summed E-state index contributed by atoms with van der Waals surface area (Å²) < 4.78 is 0.